The zero-order valence-corrected chi connectivity index (χ0v) is 8.80. The van der Waals surface area contributed by atoms with Crippen molar-refractivity contribution in [1.82, 2.24) is 15.0 Å². The highest BCUT2D eigenvalue weighted by atomic mass is 15.1. The molecule has 3 rings (SSSR count). The van der Waals surface area contributed by atoms with E-state index < -0.39 is 0 Å². The second-order valence-electron chi connectivity index (χ2n) is 3.90. The molecule has 1 aromatic carbocycles. The number of anilines is 1. The first kappa shape index (κ1) is 9.27. The molecule has 0 unspecified atom stereocenters. The minimum absolute atomic E-state index is 0.332. The minimum Gasteiger partial charge on any atom is -0.347 e. The lowest BCUT2D eigenvalue weighted by atomic mass is 10.1. The van der Waals surface area contributed by atoms with Gasteiger partial charge in [0.25, 0.3) is 0 Å². The van der Waals surface area contributed by atoms with E-state index in [2.05, 4.69) is 44.5 Å². The van der Waals surface area contributed by atoms with E-state index in [0.717, 1.165) is 12.8 Å². The van der Waals surface area contributed by atoms with Crippen molar-refractivity contribution in [2.75, 3.05) is 5.32 Å². The fourth-order valence-corrected chi connectivity index (χ4v) is 2.18. The van der Waals surface area contributed by atoms with Gasteiger partial charge in [0.15, 0.2) is 0 Å². The molecule has 0 fully saturated rings. The zero-order valence-electron chi connectivity index (χ0n) is 8.80. The lowest BCUT2D eigenvalue weighted by Crippen LogP contribution is -2.09. The molecular formula is C12H12N4. The van der Waals surface area contributed by atoms with Gasteiger partial charge in [-0.05, 0) is 24.0 Å². The fourth-order valence-electron chi connectivity index (χ4n) is 2.18. The molecule has 0 saturated carbocycles. The number of hydrogen-bond donors (Lipinski definition) is 1. The van der Waals surface area contributed by atoms with Crippen LogP contribution < -0.4 is 5.32 Å². The van der Waals surface area contributed by atoms with Crippen molar-refractivity contribution in [3.63, 3.8) is 0 Å². The van der Waals surface area contributed by atoms with Crippen molar-refractivity contribution in [2.45, 2.75) is 18.9 Å². The number of nitrogens with one attached hydrogen (secondary N) is 1. The van der Waals surface area contributed by atoms with Crippen LogP contribution >= 0.6 is 0 Å². The average molecular weight is 212 g/mol. The van der Waals surface area contributed by atoms with Crippen LogP contribution in [0.5, 0.6) is 0 Å². The molecule has 0 aliphatic heterocycles. The molecule has 2 aromatic rings. The molecule has 0 amide bonds. The smallest absolute Gasteiger partial charge is 0.226 e. The van der Waals surface area contributed by atoms with Gasteiger partial charge in [-0.15, -0.1) is 0 Å². The van der Waals surface area contributed by atoms with Gasteiger partial charge in [-0.2, -0.15) is 0 Å². The highest BCUT2D eigenvalue weighted by Crippen LogP contribution is 2.32. The predicted octanol–water partition coefficient (Wildman–Crippen LogP) is 1.97. The van der Waals surface area contributed by atoms with Crippen LogP contribution in [0.3, 0.4) is 0 Å². The summed E-state index contributed by atoms with van der Waals surface area (Å²) in [4.78, 5) is 12.0. The average Bonchev–Trinajstić information content (AvgIpc) is 2.74. The molecule has 0 saturated heterocycles. The van der Waals surface area contributed by atoms with Crippen molar-refractivity contribution in [2.24, 2.45) is 0 Å². The normalized spacial score (nSPS) is 18.1. The standard InChI is InChI=1S/C12H12N4/c1-2-4-10-9(3-1)5-6-11(10)16-12-14-7-13-8-15-12/h1-4,7-8,11H,5-6H2,(H,13,14,15,16)/t11-/m0/s1. The summed E-state index contributed by atoms with van der Waals surface area (Å²) in [5.74, 6) is 0.650. The number of hydrogen-bond acceptors (Lipinski definition) is 4. The van der Waals surface area contributed by atoms with Gasteiger partial charge < -0.3 is 5.32 Å². The third-order valence-corrected chi connectivity index (χ3v) is 2.93. The molecule has 0 radical (unpaired) electrons. The van der Waals surface area contributed by atoms with E-state index in [1.807, 2.05) is 0 Å². The first-order chi connectivity index (χ1) is 7.93. The number of benzene rings is 1. The van der Waals surface area contributed by atoms with Gasteiger partial charge in [0.2, 0.25) is 5.95 Å². The Balaban J connectivity index is 1.84. The number of aryl methyl sites for hydroxylation is 1. The van der Waals surface area contributed by atoms with Gasteiger partial charge in [0, 0.05) is 0 Å². The molecule has 4 heteroatoms. The molecule has 4 nitrogen and oxygen atoms in total. The molecule has 1 atom stereocenters. The maximum Gasteiger partial charge on any atom is 0.226 e. The Kier molecular flexibility index (Phi) is 2.25. The van der Waals surface area contributed by atoms with Crippen LogP contribution in [-0.4, -0.2) is 15.0 Å². The molecule has 1 aliphatic carbocycles. The summed E-state index contributed by atoms with van der Waals surface area (Å²) in [7, 11) is 0. The van der Waals surface area contributed by atoms with E-state index in [0.29, 0.717) is 12.0 Å². The van der Waals surface area contributed by atoms with Crippen LogP contribution in [0, 0.1) is 0 Å². The van der Waals surface area contributed by atoms with Crippen LogP contribution in [0.15, 0.2) is 36.9 Å². The maximum absolute atomic E-state index is 4.08. The highest BCUT2D eigenvalue weighted by molar-refractivity contribution is 5.39. The van der Waals surface area contributed by atoms with Crippen molar-refractivity contribution < 1.29 is 0 Å². The van der Waals surface area contributed by atoms with E-state index >= 15 is 0 Å². The number of aromatic nitrogens is 3. The Bertz CT molecular complexity index is 483. The van der Waals surface area contributed by atoms with Crippen LogP contribution in [0.4, 0.5) is 5.95 Å². The van der Waals surface area contributed by atoms with E-state index in [1.54, 1.807) is 0 Å². The summed E-state index contributed by atoms with van der Waals surface area (Å²) >= 11 is 0. The Labute approximate surface area is 93.8 Å². The van der Waals surface area contributed by atoms with E-state index in [9.17, 15) is 0 Å². The molecule has 1 aliphatic rings. The zero-order chi connectivity index (χ0) is 10.8. The molecule has 0 bridgehead atoms. The lowest BCUT2D eigenvalue weighted by molar-refractivity contribution is 0.749. The van der Waals surface area contributed by atoms with Crippen molar-refractivity contribution in [3.8, 4) is 0 Å². The van der Waals surface area contributed by atoms with Gasteiger partial charge in [0.05, 0.1) is 6.04 Å². The maximum atomic E-state index is 4.08. The highest BCUT2D eigenvalue weighted by Gasteiger charge is 2.21. The summed E-state index contributed by atoms with van der Waals surface area (Å²) in [5, 5.41) is 3.33. The summed E-state index contributed by atoms with van der Waals surface area (Å²) in [6.45, 7) is 0. The summed E-state index contributed by atoms with van der Waals surface area (Å²) in [6.07, 6.45) is 5.25. The molecule has 16 heavy (non-hydrogen) atoms. The molecular weight excluding hydrogens is 200 g/mol. The third-order valence-electron chi connectivity index (χ3n) is 2.93. The van der Waals surface area contributed by atoms with Gasteiger partial charge in [-0.3, -0.25) is 0 Å². The van der Waals surface area contributed by atoms with Crippen LogP contribution in [0.25, 0.3) is 0 Å². The SMILES string of the molecule is c1ccc2c(c1)CC[C@@H]2Nc1ncncn1. The predicted molar refractivity (Wildman–Crippen MR) is 61.0 cm³/mol. The van der Waals surface area contributed by atoms with Gasteiger partial charge >= 0.3 is 0 Å². The second-order valence-corrected chi connectivity index (χ2v) is 3.90. The number of nitrogens with zero attached hydrogens (tertiary/aromatic N) is 3. The van der Waals surface area contributed by atoms with E-state index in [-0.39, 0.29) is 0 Å². The first-order valence-electron chi connectivity index (χ1n) is 5.40. The third kappa shape index (κ3) is 1.62. The quantitative estimate of drug-likeness (QED) is 0.826. The second kappa shape index (κ2) is 3.89. The summed E-state index contributed by atoms with van der Waals surface area (Å²) < 4.78 is 0. The molecule has 1 heterocycles. The topological polar surface area (TPSA) is 50.7 Å². The number of rotatable bonds is 2. The molecule has 0 spiro atoms. The van der Waals surface area contributed by atoms with Crippen molar-refractivity contribution in [3.05, 3.63) is 48.0 Å². The Morgan fingerprint density at radius 3 is 2.81 bits per heavy atom. The van der Waals surface area contributed by atoms with E-state index in [1.165, 1.54) is 23.8 Å². The lowest BCUT2D eigenvalue weighted by Gasteiger charge is -2.13. The van der Waals surface area contributed by atoms with Gasteiger partial charge in [-0.25, -0.2) is 15.0 Å². The Hall–Kier alpha value is -1.97. The first-order valence-corrected chi connectivity index (χ1v) is 5.40. The van der Waals surface area contributed by atoms with Crippen molar-refractivity contribution in [1.29, 1.82) is 0 Å². The monoisotopic (exact) mass is 212 g/mol. The van der Waals surface area contributed by atoms with E-state index in [4.69, 9.17) is 0 Å². The number of fused-ring (bicyclic) bond motifs is 1. The van der Waals surface area contributed by atoms with Gasteiger partial charge in [-0.1, -0.05) is 24.3 Å². The van der Waals surface area contributed by atoms with Gasteiger partial charge in [0.1, 0.15) is 12.7 Å². The van der Waals surface area contributed by atoms with Crippen LogP contribution in [-0.2, 0) is 6.42 Å². The Morgan fingerprint density at radius 1 is 1.12 bits per heavy atom. The fraction of sp³-hybridized carbons (Fsp3) is 0.250. The molecule has 1 aromatic heterocycles. The van der Waals surface area contributed by atoms with Crippen LogP contribution in [0.1, 0.15) is 23.6 Å². The largest absolute Gasteiger partial charge is 0.347 e. The van der Waals surface area contributed by atoms with Crippen molar-refractivity contribution >= 4 is 5.95 Å². The minimum atomic E-state index is 0.332. The summed E-state index contributed by atoms with van der Waals surface area (Å²) in [6, 6.07) is 8.85. The molecule has 80 valence electrons. The Morgan fingerprint density at radius 2 is 1.94 bits per heavy atom. The summed E-state index contributed by atoms with van der Waals surface area (Å²) in [5.41, 5.74) is 2.79. The molecule has 1 N–H and O–H groups in total. The van der Waals surface area contributed by atoms with Crippen LogP contribution in [0.2, 0.25) is 0 Å².